The monoisotopic (exact) mass is 301 g/mol. The van der Waals surface area contributed by atoms with Crippen molar-refractivity contribution in [3.63, 3.8) is 0 Å². The van der Waals surface area contributed by atoms with Crippen molar-refractivity contribution in [1.29, 1.82) is 0 Å². The van der Waals surface area contributed by atoms with Crippen LogP contribution >= 0.6 is 11.6 Å². The van der Waals surface area contributed by atoms with Crippen LogP contribution in [0, 0.1) is 0 Å². The molecule has 0 radical (unpaired) electrons. The molecule has 0 saturated heterocycles. The zero-order chi connectivity index (χ0) is 14.8. The van der Waals surface area contributed by atoms with Gasteiger partial charge in [0.1, 0.15) is 12.0 Å². The summed E-state index contributed by atoms with van der Waals surface area (Å²) in [7, 11) is 2.04. The van der Waals surface area contributed by atoms with E-state index in [9.17, 15) is 0 Å². The molecule has 0 N–H and O–H groups in total. The first kappa shape index (κ1) is 14.0. The second kappa shape index (κ2) is 5.84. The lowest BCUT2D eigenvalue weighted by atomic mass is 10.1. The van der Waals surface area contributed by atoms with E-state index in [0.717, 1.165) is 28.8 Å². The second-order valence-electron chi connectivity index (χ2n) is 5.13. The molecule has 21 heavy (non-hydrogen) atoms. The predicted octanol–water partition coefficient (Wildman–Crippen LogP) is 4.07. The molecule has 1 atom stereocenters. The highest BCUT2D eigenvalue weighted by Gasteiger charge is 2.15. The van der Waals surface area contributed by atoms with E-state index in [1.807, 2.05) is 37.4 Å². The van der Waals surface area contributed by atoms with Crippen LogP contribution in [-0.2, 0) is 6.54 Å². The summed E-state index contributed by atoms with van der Waals surface area (Å²) < 4.78 is 4.90. The smallest absolute Gasteiger partial charge is 0.124 e. The van der Waals surface area contributed by atoms with Crippen LogP contribution in [0.1, 0.15) is 24.4 Å². The summed E-state index contributed by atoms with van der Waals surface area (Å²) in [6, 6.07) is 11.9. The van der Waals surface area contributed by atoms with Gasteiger partial charge in [-0.05, 0) is 26.1 Å². The quantitative estimate of drug-likeness (QED) is 0.728. The largest absolute Gasteiger partial charge is 0.364 e. The molecule has 3 rings (SSSR count). The fraction of sp³-hybridized carbons (Fsp3) is 0.250. The summed E-state index contributed by atoms with van der Waals surface area (Å²) in [4.78, 5) is 6.83. The number of hydrogen-bond acceptors (Lipinski definition) is 4. The molecule has 108 valence electrons. The second-order valence-corrected chi connectivity index (χ2v) is 5.54. The number of halogens is 1. The third-order valence-electron chi connectivity index (χ3n) is 3.69. The van der Waals surface area contributed by atoms with Crippen molar-refractivity contribution >= 4 is 22.5 Å². The predicted molar refractivity (Wildman–Crippen MR) is 83.1 cm³/mol. The van der Waals surface area contributed by atoms with E-state index < -0.39 is 0 Å². The van der Waals surface area contributed by atoms with E-state index in [2.05, 4.69) is 28.0 Å². The molecule has 0 aliphatic rings. The van der Waals surface area contributed by atoms with Crippen LogP contribution in [0.4, 0.5) is 0 Å². The third kappa shape index (κ3) is 2.91. The lowest BCUT2D eigenvalue weighted by molar-refractivity contribution is 0.238. The van der Waals surface area contributed by atoms with E-state index in [-0.39, 0.29) is 6.04 Å². The molecule has 0 spiro atoms. The van der Waals surface area contributed by atoms with E-state index in [1.165, 1.54) is 0 Å². The minimum absolute atomic E-state index is 0.160. The van der Waals surface area contributed by atoms with Gasteiger partial charge in [-0.3, -0.25) is 4.90 Å². The normalized spacial score (nSPS) is 13.0. The number of fused-ring (bicyclic) bond motifs is 1. The van der Waals surface area contributed by atoms with Crippen molar-refractivity contribution in [3.05, 3.63) is 59.1 Å². The van der Waals surface area contributed by atoms with Gasteiger partial charge >= 0.3 is 0 Å². The zero-order valence-corrected chi connectivity index (χ0v) is 12.7. The van der Waals surface area contributed by atoms with Crippen molar-refractivity contribution in [3.8, 4) is 0 Å². The van der Waals surface area contributed by atoms with Crippen LogP contribution in [0.5, 0.6) is 0 Å². The first-order valence-corrected chi connectivity index (χ1v) is 7.17. The average molecular weight is 302 g/mol. The lowest BCUT2D eigenvalue weighted by Crippen LogP contribution is -2.22. The molecule has 0 saturated carbocycles. The van der Waals surface area contributed by atoms with Gasteiger partial charge in [0.25, 0.3) is 0 Å². The van der Waals surface area contributed by atoms with Gasteiger partial charge in [-0.25, -0.2) is 4.98 Å². The van der Waals surface area contributed by atoms with Crippen LogP contribution in [0.3, 0.4) is 0 Å². The summed E-state index contributed by atoms with van der Waals surface area (Å²) in [6.07, 6.45) is 1.59. The van der Waals surface area contributed by atoms with Crippen molar-refractivity contribution in [2.45, 2.75) is 19.5 Å². The van der Waals surface area contributed by atoms with E-state index in [4.69, 9.17) is 16.1 Å². The first-order chi connectivity index (χ1) is 10.1. The van der Waals surface area contributed by atoms with Crippen LogP contribution < -0.4 is 0 Å². The van der Waals surface area contributed by atoms with Gasteiger partial charge in [-0.1, -0.05) is 35.0 Å². The van der Waals surface area contributed by atoms with Crippen LogP contribution in [0.25, 0.3) is 10.9 Å². The third-order valence-corrected chi connectivity index (χ3v) is 3.99. The first-order valence-electron chi connectivity index (χ1n) is 6.80. The molecule has 0 aliphatic heterocycles. The van der Waals surface area contributed by atoms with Gasteiger partial charge in [0.05, 0.1) is 22.3 Å². The van der Waals surface area contributed by atoms with E-state index >= 15 is 0 Å². The van der Waals surface area contributed by atoms with Crippen LogP contribution in [-0.4, -0.2) is 22.1 Å². The molecule has 0 fully saturated rings. The van der Waals surface area contributed by atoms with Crippen molar-refractivity contribution in [1.82, 2.24) is 15.0 Å². The molecule has 0 aliphatic carbocycles. The van der Waals surface area contributed by atoms with Gasteiger partial charge in [0.2, 0.25) is 0 Å². The van der Waals surface area contributed by atoms with Gasteiger partial charge in [-0.2, -0.15) is 0 Å². The fourth-order valence-electron chi connectivity index (χ4n) is 2.30. The number of rotatable bonds is 4. The van der Waals surface area contributed by atoms with Gasteiger partial charge < -0.3 is 4.52 Å². The molecule has 5 heteroatoms. The molecule has 1 unspecified atom stereocenters. The SMILES string of the molecule is CC(c1ccon1)N(C)Cc1ccc2cccc(Cl)c2n1. The molecule has 2 aromatic heterocycles. The molecule has 0 bridgehead atoms. The highest BCUT2D eigenvalue weighted by molar-refractivity contribution is 6.35. The standard InChI is InChI=1S/C16H16ClN3O/c1-11(15-8-9-21-19-15)20(2)10-13-7-6-12-4-3-5-14(17)16(12)18-13/h3-9,11H,10H2,1-2H3. The zero-order valence-electron chi connectivity index (χ0n) is 12.0. The Labute approximate surface area is 128 Å². The summed E-state index contributed by atoms with van der Waals surface area (Å²) in [5.74, 6) is 0. The Morgan fingerprint density at radius 3 is 2.86 bits per heavy atom. The number of pyridine rings is 1. The Bertz CT molecular complexity index is 742. The number of aromatic nitrogens is 2. The average Bonchev–Trinajstić information content (AvgIpc) is 3.01. The maximum Gasteiger partial charge on any atom is 0.124 e. The minimum Gasteiger partial charge on any atom is -0.364 e. The summed E-state index contributed by atoms with van der Waals surface area (Å²) in [5, 5.41) is 5.72. The number of nitrogens with zero attached hydrogens (tertiary/aromatic N) is 3. The number of para-hydroxylation sites is 1. The number of benzene rings is 1. The van der Waals surface area contributed by atoms with Gasteiger partial charge in [-0.15, -0.1) is 0 Å². The summed E-state index contributed by atoms with van der Waals surface area (Å²) in [6.45, 7) is 2.81. The van der Waals surface area contributed by atoms with E-state index in [1.54, 1.807) is 6.26 Å². The maximum atomic E-state index is 6.21. The van der Waals surface area contributed by atoms with Crippen molar-refractivity contribution in [2.24, 2.45) is 0 Å². The Balaban J connectivity index is 1.83. The van der Waals surface area contributed by atoms with Gasteiger partial charge in [0.15, 0.2) is 0 Å². The molecular formula is C16H16ClN3O. The Hall–Kier alpha value is -1.91. The van der Waals surface area contributed by atoms with Crippen LogP contribution in [0.2, 0.25) is 5.02 Å². The Morgan fingerprint density at radius 2 is 2.10 bits per heavy atom. The molecular weight excluding hydrogens is 286 g/mol. The summed E-state index contributed by atoms with van der Waals surface area (Å²) in [5.41, 5.74) is 2.74. The van der Waals surface area contributed by atoms with E-state index in [0.29, 0.717) is 5.02 Å². The Kier molecular flexibility index (Phi) is 3.90. The van der Waals surface area contributed by atoms with Crippen molar-refractivity contribution < 1.29 is 4.52 Å². The van der Waals surface area contributed by atoms with Gasteiger partial charge in [0, 0.05) is 18.0 Å². The highest BCUT2D eigenvalue weighted by atomic mass is 35.5. The lowest BCUT2D eigenvalue weighted by Gasteiger charge is -2.22. The maximum absolute atomic E-state index is 6.21. The number of hydrogen-bond donors (Lipinski definition) is 0. The Morgan fingerprint density at radius 1 is 1.24 bits per heavy atom. The summed E-state index contributed by atoms with van der Waals surface area (Å²) >= 11 is 6.21. The van der Waals surface area contributed by atoms with Crippen molar-refractivity contribution in [2.75, 3.05) is 7.05 Å². The van der Waals surface area contributed by atoms with Crippen LogP contribution in [0.15, 0.2) is 47.2 Å². The topological polar surface area (TPSA) is 42.2 Å². The minimum atomic E-state index is 0.160. The molecule has 1 aromatic carbocycles. The molecule has 4 nitrogen and oxygen atoms in total. The highest BCUT2D eigenvalue weighted by Crippen LogP contribution is 2.23. The molecule has 0 amide bonds. The fourth-order valence-corrected chi connectivity index (χ4v) is 2.52. The molecule has 3 aromatic rings. The molecule has 2 heterocycles.